The molecule has 1 unspecified atom stereocenters. The van der Waals surface area contributed by atoms with Crippen LogP contribution >= 0.6 is 0 Å². The molecule has 1 N–H and O–H groups in total. The Hall–Kier alpha value is -3.66. The molecule has 4 aromatic heterocycles. The molecule has 30 heavy (non-hydrogen) atoms. The average molecular weight is 407 g/mol. The first-order valence-corrected chi connectivity index (χ1v) is 9.67. The summed E-state index contributed by atoms with van der Waals surface area (Å²) < 4.78 is 10.3. The van der Waals surface area contributed by atoms with E-state index in [0.29, 0.717) is 30.1 Å². The highest BCUT2D eigenvalue weighted by molar-refractivity contribution is 5.84. The molecule has 0 spiro atoms. The number of morpholine rings is 1. The Morgan fingerprint density at radius 3 is 2.83 bits per heavy atom. The van der Waals surface area contributed by atoms with E-state index in [4.69, 9.17) is 9.72 Å². The van der Waals surface area contributed by atoms with Crippen LogP contribution in [0.3, 0.4) is 0 Å². The third-order valence-electron chi connectivity index (χ3n) is 5.43. The van der Waals surface area contributed by atoms with Gasteiger partial charge in [-0.15, -0.1) is 0 Å². The van der Waals surface area contributed by atoms with Crippen LogP contribution in [0.15, 0.2) is 42.9 Å². The summed E-state index contributed by atoms with van der Waals surface area (Å²) in [5.41, 5.74) is 3.46. The van der Waals surface area contributed by atoms with Crippen molar-refractivity contribution in [2.24, 2.45) is 7.05 Å². The van der Waals surface area contributed by atoms with Gasteiger partial charge in [0, 0.05) is 32.1 Å². The summed E-state index contributed by atoms with van der Waals surface area (Å²) in [6.45, 7) is 4.08. The second-order valence-electron chi connectivity index (χ2n) is 7.30. The first-order chi connectivity index (χ1) is 14.5. The van der Waals surface area contributed by atoms with E-state index in [-0.39, 0.29) is 6.04 Å². The van der Waals surface area contributed by atoms with Gasteiger partial charge in [-0.1, -0.05) is 0 Å². The SMILES string of the molecule is CC1COCCN1c1cc(-c2ccnn2C)n2ncc(-c3cccn3C(=O)O)c2n1. The molecule has 1 atom stereocenters. The van der Waals surface area contributed by atoms with Gasteiger partial charge in [-0.2, -0.15) is 10.2 Å². The number of aromatic nitrogens is 6. The number of carboxylic acid groups (broad SMARTS) is 1. The first-order valence-electron chi connectivity index (χ1n) is 9.67. The van der Waals surface area contributed by atoms with Gasteiger partial charge in [0.1, 0.15) is 5.82 Å². The zero-order valence-corrected chi connectivity index (χ0v) is 16.6. The van der Waals surface area contributed by atoms with E-state index in [1.807, 2.05) is 19.2 Å². The quantitative estimate of drug-likeness (QED) is 0.556. The molecule has 154 valence electrons. The lowest BCUT2D eigenvalue weighted by molar-refractivity contribution is 0.0985. The van der Waals surface area contributed by atoms with Crippen LogP contribution in [-0.4, -0.2) is 65.9 Å². The topological polar surface area (TPSA) is 103 Å². The summed E-state index contributed by atoms with van der Waals surface area (Å²) in [7, 11) is 1.87. The Balaban J connectivity index is 1.77. The zero-order valence-electron chi connectivity index (χ0n) is 16.6. The number of fused-ring (bicyclic) bond motifs is 1. The maximum absolute atomic E-state index is 11.7. The van der Waals surface area contributed by atoms with Gasteiger partial charge in [0.05, 0.1) is 48.1 Å². The second-order valence-corrected chi connectivity index (χ2v) is 7.30. The van der Waals surface area contributed by atoms with Crippen molar-refractivity contribution in [3.8, 4) is 22.6 Å². The van der Waals surface area contributed by atoms with Crippen LogP contribution < -0.4 is 4.90 Å². The first kappa shape index (κ1) is 18.4. The van der Waals surface area contributed by atoms with Gasteiger partial charge in [0.25, 0.3) is 0 Å². The van der Waals surface area contributed by atoms with Crippen molar-refractivity contribution < 1.29 is 14.6 Å². The predicted octanol–water partition coefficient (Wildman–Crippen LogP) is 2.35. The minimum absolute atomic E-state index is 0.169. The molecule has 0 radical (unpaired) electrons. The predicted molar refractivity (Wildman–Crippen MR) is 110 cm³/mol. The molecule has 1 aliphatic rings. The van der Waals surface area contributed by atoms with Crippen molar-refractivity contribution in [3.63, 3.8) is 0 Å². The second kappa shape index (κ2) is 6.99. The molecule has 0 aromatic carbocycles. The van der Waals surface area contributed by atoms with Gasteiger partial charge in [-0.3, -0.25) is 9.25 Å². The van der Waals surface area contributed by atoms with E-state index in [9.17, 15) is 9.90 Å². The molecule has 1 fully saturated rings. The number of hydrogen-bond donors (Lipinski definition) is 1. The average Bonchev–Trinajstić information content (AvgIpc) is 3.46. The van der Waals surface area contributed by atoms with Crippen molar-refractivity contribution in [1.29, 1.82) is 0 Å². The van der Waals surface area contributed by atoms with Gasteiger partial charge in [-0.25, -0.2) is 14.3 Å². The highest BCUT2D eigenvalue weighted by atomic mass is 16.5. The number of hydrogen-bond acceptors (Lipinski definition) is 6. The van der Waals surface area contributed by atoms with Crippen molar-refractivity contribution in [2.75, 3.05) is 24.7 Å². The minimum Gasteiger partial charge on any atom is -0.464 e. The van der Waals surface area contributed by atoms with Crippen LogP contribution in [0.4, 0.5) is 10.6 Å². The molecule has 0 bridgehead atoms. The van der Waals surface area contributed by atoms with Gasteiger partial charge in [0.2, 0.25) is 0 Å². The Morgan fingerprint density at radius 2 is 2.10 bits per heavy atom. The lowest BCUT2D eigenvalue weighted by Gasteiger charge is -2.34. The molecule has 1 aliphatic heterocycles. The molecular formula is C20H21N7O3. The van der Waals surface area contributed by atoms with E-state index in [2.05, 4.69) is 22.0 Å². The van der Waals surface area contributed by atoms with Crippen LogP contribution in [0.1, 0.15) is 6.92 Å². The van der Waals surface area contributed by atoms with Crippen LogP contribution in [0.25, 0.3) is 28.3 Å². The Bertz CT molecular complexity index is 1240. The molecular weight excluding hydrogens is 386 g/mol. The fraction of sp³-hybridized carbons (Fsp3) is 0.300. The highest BCUT2D eigenvalue weighted by Gasteiger charge is 2.24. The summed E-state index contributed by atoms with van der Waals surface area (Å²) >= 11 is 0. The minimum atomic E-state index is -1.06. The Kier molecular flexibility index (Phi) is 4.28. The van der Waals surface area contributed by atoms with Gasteiger partial charge < -0.3 is 14.7 Å². The van der Waals surface area contributed by atoms with Crippen molar-refractivity contribution >= 4 is 17.6 Å². The highest BCUT2D eigenvalue weighted by Crippen LogP contribution is 2.31. The molecule has 0 amide bonds. The maximum atomic E-state index is 11.7. The van der Waals surface area contributed by atoms with Gasteiger partial charge in [0.15, 0.2) is 5.65 Å². The monoisotopic (exact) mass is 407 g/mol. The van der Waals surface area contributed by atoms with Crippen molar-refractivity contribution in [3.05, 3.63) is 42.9 Å². The summed E-state index contributed by atoms with van der Waals surface area (Å²) in [6, 6.07) is 7.53. The van der Waals surface area contributed by atoms with Crippen molar-refractivity contribution in [1.82, 2.24) is 28.9 Å². The lowest BCUT2D eigenvalue weighted by atomic mass is 10.2. The molecule has 10 heteroatoms. The molecule has 5 rings (SSSR count). The summed E-state index contributed by atoms with van der Waals surface area (Å²) in [6.07, 6.45) is 3.85. The third-order valence-corrected chi connectivity index (χ3v) is 5.43. The summed E-state index contributed by atoms with van der Waals surface area (Å²) in [5, 5.41) is 18.4. The van der Waals surface area contributed by atoms with E-state index in [0.717, 1.165) is 23.8 Å². The van der Waals surface area contributed by atoms with E-state index >= 15 is 0 Å². The van der Waals surface area contributed by atoms with E-state index < -0.39 is 6.09 Å². The standard InChI is InChI=1S/C20H21N7O3/c1-13-12-30-9-8-25(13)18-10-17(16-5-6-21-24(16)2)27-19(23-18)14(11-22-27)15-4-3-7-26(15)20(28)29/h3-7,10-11,13H,8-9,12H2,1-2H3,(H,28,29). The van der Waals surface area contributed by atoms with Crippen LogP contribution in [-0.2, 0) is 11.8 Å². The van der Waals surface area contributed by atoms with Crippen LogP contribution in [0.5, 0.6) is 0 Å². The smallest absolute Gasteiger partial charge is 0.416 e. The van der Waals surface area contributed by atoms with Gasteiger partial charge in [-0.05, 0) is 25.1 Å². The van der Waals surface area contributed by atoms with Gasteiger partial charge >= 0.3 is 6.09 Å². The molecule has 0 aliphatic carbocycles. The van der Waals surface area contributed by atoms with Crippen molar-refractivity contribution in [2.45, 2.75) is 13.0 Å². The van der Waals surface area contributed by atoms with Crippen LogP contribution in [0, 0.1) is 0 Å². The fourth-order valence-electron chi connectivity index (χ4n) is 3.92. The number of nitrogens with zero attached hydrogens (tertiary/aromatic N) is 7. The summed E-state index contributed by atoms with van der Waals surface area (Å²) in [4.78, 5) is 18.8. The molecule has 4 aromatic rings. The van der Waals surface area contributed by atoms with E-state index in [1.54, 1.807) is 33.7 Å². The lowest BCUT2D eigenvalue weighted by Crippen LogP contribution is -2.44. The largest absolute Gasteiger partial charge is 0.464 e. The summed E-state index contributed by atoms with van der Waals surface area (Å²) in [5.74, 6) is 0.796. The Morgan fingerprint density at radius 1 is 1.23 bits per heavy atom. The number of carbonyl (C=O) groups is 1. The van der Waals surface area contributed by atoms with Crippen LogP contribution in [0.2, 0.25) is 0 Å². The third kappa shape index (κ3) is 2.84. The Labute approximate surface area is 171 Å². The normalized spacial score (nSPS) is 17.0. The molecule has 10 nitrogen and oxygen atoms in total. The zero-order chi connectivity index (χ0) is 20.8. The van der Waals surface area contributed by atoms with E-state index in [1.165, 1.54) is 10.8 Å². The molecule has 1 saturated heterocycles. The number of rotatable bonds is 3. The molecule has 0 saturated carbocycles. The number of aryl methyl sites for hydroxylation is 1. The number of anilines is 1. The fourth-order valence-corrected chi connectivity index (χ4v) is 3.92. The maximum Gasteiger partial charge on any atom is 0.416 e. The molecule has 5 heterocycles. The number of ether oxygens (including phenoxy) is 1.